The van der Waals surface area contributed by atoms with Gasteiger partial charge in [0.25, 0.3) is 0 Å². The Morgan fingerprint density at radius 1 is 1.50 bits per heavy atom. The van der Waals surface area contributed by atoms with Crippen LogP contribution in [0.25, 0.3) is 10.2 Å². The van der Waals surface area contributed by atoms with Crippen LogP contribution in [-0.2, 0) is 9.59 Å². The van der Waals surface area contributed by atoms with E-state index >= 15 is 0 Å². The maximum absolute atomic E-state index is 12.1. The third-order valence-corrected chi connectivity index (χ3v) is 4.04. The summed E-state index contributed by atoms with van der Waals surface area (Å²) < 4.78 is 1.05. The molecule has 0 spiro atoms. The van der Waals surface area contributed by atoms with Gasteiger partial charge in [-0.05, 0) is 24.6 Å². The molecule has 2 heterocycles. The Balaban J connectivity index is 1.72. The minimum Gasteiger partial charge on any atom is -0.353 e. The number of amides is 2. The third-order valence-electron chi connectivity index (χ3n) is 3.10. The van der Waals surface area contributed by atoms with E-state index in [1.165, 1.54) is 11.3 Å². The van der Waals surface area contributed by atoms with E-state index in [2.05, 4.69) is 20.9 Å². The largest absolute Gasteiger partial charge is 0.353 e. The Hall–Kier alpha value is -1.99. The fourth-order valence-corrected chi connectivity index (χ4v) is 3.00. The lowest BCUT2D eigenvalue weighted by atomic mass is 10.2. The Morgan fingerprint density at radius 3 is 3.10 bits per heavy atom. The number of carbonyl (C=O) groups excluding carboxylic acids is 2. The van der Waals surface area contributed by atoms with Gasteiger partial charge in [-0.2, -0.15) is 0 Å². The molecule has 0 aliphatic carbocycles. The van der Waals surface area contributed by atoms with E-state index in [-0.39, 0.29) is 18.4 Å². The highest BCUT2D eigenvalue weighted by atomic mass is 32.1. The lowest BCUT2D eigenvalue weighted by Crippen LogP contribution is -2.56. The first-order valence-electron chi connectivity index (χ1n) is 6.30. The van der Waals surface area contributed by atoms with Gasteiger partial charge in [0.15, 0.2) is 5.13 Å². The van der Waals surface area contributed by atoms with Gasteiger partial charge in [0.2, 0.25) is 11.8 Å². The van der Waals surface area contributed by atoms with Gasteiger partial charge in [-0.15, -0.1) is 0 Å². The van der Waals surface area contributed by atoms with E-state index in [0.717, 1.165) is 15.8 Å². The first-order valence-corrected chi connectivity index (χ1v) is 7.11. The molecule has 0 saturated carbocycles. The first kappa shape index (κ1) is 13.0. The van der Waals surface area contributed by atoms with Gasteiger partial charge in [-0.1, -0.05) is 17.4 Å². The number of carbonyl (C=O) groups is 2. The first-order chi connectivity index (χ1) is 9.61. The highest BCUT2D eigenvalue weighted by Gasteiger charge is 2.24. The summed E-state index contributed by atoms with van der Waals surface area (Å²) in [6.07, 6.45) is 0. The molecule has 3 rings (SSSR count). The maximum atomic E-state index is 12.1. The summed E-state index contributed by atoms with van der Waals surface area (Å²) in [6.45, 7) is 2.48. The second-order valence-corrected chi connectivity index (χ2v) is 5.75. The van der Waals surface area contributed by atoms with E-state index in [0.29, 0.717) is 11.7 Å². The summed E-state index contributed by atoms with van der Waals surface area (Å²) in [5.41, 5.74) is 2.04. The number of aryl methyl sites for hydroxylation is 1. The van der Waals surface area contributed by atoms with Gasteiger partial charge in [-0.3, -0.25) is 14.9 Å². The lowest BCUT2D eigenvalue weighted by molar-refractivity contribution is -0.124. The van der Waals surface area contributed by atoms with Crippen molar-refractivity contribution in [1.82, 2.24) is 15.6 Å². The van der Waals surface area contributed by atoms with Crippen molar-refractivity contribution in [3.05, 3.63) is 23.8 Å². The summed E-state index contributed by atoms with van der Waals surface area (Å²) in [5, 5.41) is 8.91. The van der Waals surface area contributed by atoms with Gasteiger partial charge in [-0.25, -0.2) is 4.98 Å². The standard InChI is InChI=1S/C13H14N4O2S/c1-7-2-3-8-10(4-7)20-13(16-8)17-12(19)9-5-15-11(18)6-14-9/h2-4,9,14H,5-6H2,1H3,(H,15,18)(H,16,17,19). The third kappa shape index (κ3) is 2.63. The van der Waals surface area contributed by atoms with Crippen molar-refractivity contribution in [3.8, 4) is 0 Å². The van der Waals surface area contributed by atoms with Gasteiger partial charge >= 0.3 is 0 Å². The molecule has 2 amide bonds. The number of aromatic nitrogens is 1. The molecule has 2 aromatic rings. The van der Waals surface area contributed by atoms with Crippen LogP contribution < -0.4 is 16.0 Å². The number of nitrogens with one attached hydrogen (secondary N) is 3. The zero-order valence-electron chi connectivity index (χ0n) is 10.9. The smallest absolute Gasteiger partial charge is 0.245 e. The van der Waals surface area contributed by atoms with Gasteiger partial charge in [0.05, 0.1) is 16.8 Å². The van der Waals surface area contributed by atoms with Gasteiger partial charge in [0, 0.05) is 6.54 Å². The van der Waals surface area contributed by atoms with Crippen LogP contribution in [-0.4, -0.2) is 35.9 Å². The zero-order chi connectivity index (χ0) is 14.1. The number of anilines is 1. The highest BCUT2D eigenvalue weighted by Crippen LogP contribution is 2.26. The molecule has 0 bridgehead atoms. The SMILES string of the molecule is Cc1ccc2nc(NC(=O)C3CNC(=O)CN3)sc2c1. The van der Waals surface area contributed by atoms with Crippen molar-refractivity contribution >= 4 is 38.5 Å². The molecule has 1 unspecified atom stereocenters. The van der Waals surface area contributed by atoms with Gasteiger partial charge in [0.1, 0.15) is 6.04 Å². The molecule has 1 fully saturated rings. The van der Waals surface area contributed by atoms with Crippen molar-refractivity contribution in [2.45, 2.75) is 13.0 Å². The quantitative estimate of drug-likeness (QED) is 0.757. The number of piperazine rings is 1. The zero-order valence-corrected chi connectivity index (χ0v) is 11.7. The molecule has 7 heteroatoms. The van der Waals surface area contributed by atoms with Crippen LogP contribution in [0.3, 0.4) is 0 Å². The molecule has 0 radical (unpaired) electrons. The van der Waals surface area contributed by atoms with Crippen LogP contribution in [0.5, 0.6) is 0 Å². The van der Waals surface area contributed by atoms with Crippen LogP contribution in [0, 0.1) is 6.92 Å². The molecule has 20 heavy (non-hydrogen) atoms. The number of hydrogen-bond donors (Lipinski definition) is 3. The Morgan fingerprint density at radius 2 is 2.35 bits per heavy atom. The minimum absolute atomic E-state index is 0.0930. The molecular weight excluding hydrogens is 276 g/mol. The van der Waals surface area contributed by atoms with E-state index in [4.69, 9.17) is 0 Å². The Bertz CT molecular complexity index is 672. The molecule has 1 aliphatic rings. The second kappa shape index (κ2) is 5.18. The van der Waals surface area contributed by atoms with Crippen molar-refractivity contribution in [1.29, 1.82) is 0 Å². The molecule has 1 aliphatic heterocycles. The van der Waals surface area contributed by atoms with Crippen LogP contribution >= 0.6 is 11.3 Å². The number of hydrogen-bond acceptors (Lipinski definition) is 5. The van der Waals surface area contributed by atoms with Crippen LogP contribution in [0.1, 0.15) is 5.56 Å². The number of thiazole rings is 1. The van der Waals surface area contributed by atoms with Crippen molar-refractivity contribution in [2.24, 2.45) is 0 Å². The summed E-state index contributed by atoms with van der Waals surface area (Å²) >= 11 is 1.45. The summed E-state index contributed by atoms with van der Waals surface area (Å²) in [4.78, 5) is 27.5. The molecule has 1 saturated heterocycles. The van der Waals surface area contributed by atoms with E-state index < -0.39 is 6.04 Å². The molecule has 1 aromatic heterocycles. The normalized spacial score (nSPS) is 18.9. The van der Waals surface area contributed by atoms with E-state index in [1.54, 1.807) is 0 Å². The van der Waals surface area contributed by atoms with Crippen LogP contribution in [0.4, 0.5) is 5.13 Å². The minimum atomic E-state index is -0.415. The van der Waals surface area contributed by atoms with Crippen molar-refractivity contribution < 1.29 is 9.59 Å². The summed E-state index contributed by atoms with van der Waals surface area (Å²) in [5.74, 6) is -0.273. The van der Waals surface area contributed by atoms with Crippen molar-refractivity contribution in [3.63, 3.8) is 0 Å². The van der Waals surface area contributed by atoms with Crippen molar-refractivity contribution in [2.75, 3.05) is 18.4 Å². The summed E-state index contributed by atoms with van der Waals surface area (Å²) in [6, 6.07) is 5.56. The lowest BCUT2D eigenvalue weighted by Gasteiger charge is -2.22. The average molecular weight is 290 g/mol. The second-order valence-electron chi connectivity index (χ2n) is 4.72. The molecule has 3 N–H and O–H groups in total. The fraction of sp³-hybridized carbons (Fsp3) is 0.308. The van der Waals surface area contributed by atoms with E-state index in [9.17, 15) is 9.59 Å². The Kier molecular flexibility index (Phi) is 3.37. The van der Waals surface area contributed by atoms with E-state index in [1.807, 2.05) is 25.1 Å². The van der Waals surface area contributed by atoms with Crippen LogP contribution in [0.2, 0.25) is 0 Å². The predicted molar refractivity (Wildman–Crippen MR) is 77.8 cm³/mol. The fourth-order valence-electron chi connectivity index (χ4n) is 2.03. The molecular formula is C13H14N4O2S. The molecule has 1 atom stereocenters. The Labute approximate surface area is 119 Å². The average Bonchev–Trinajstić information content (AvgIpc) is 2.80. The number of rotatable bonds is 2. The van der Waals surface area contributed by atoms with Gasteiger partial charge < -0.3 is 10.6 Å². The predicted octanol–water partition coefficient (Wildman–Crippen LogP) is 0.631. The molecule has 6 nitrogen and oxygen atoms in total. The maximum Gasteiger partial charge on any atom is 0.245 e. The topological polar surface area (TPSA) is 83.1 Å². The monoisotopic (exact) mass is 290 g/mol. The van der Waals surface area contributed by atoms with Crippen LogP contribution in [0.15, 0.2) is 18.2 Å². The highest BCUT2D eigenvalue weighted by molar-refractivity contribution is 7.22. The summed E-state index contributed by atoms with van der Waals surface area (Å²) in [7, 11) is 0. The number of fused-ring (bicyclic) bond motifs is 1. The number of nitrogens with zero attached hydrogens (tertiary/aromatic N) is 1. The number of benzene rings is 1. The molecule has 1 aromatic carbocycles. The molecule has 104 valence electrons.